The zero-order chi connectivity index (χ0) is 9.35. The van der Waals surface area contributed by atoms with Crippen molar-refractivity contribution in [1.82, 2.24) is 0 Å². The minimum atomic E-state index is -4.22. The minimum absolute atomic E-state index is 0.578. The van der Waals surface area contributed by atoms with Crippen LogP contribution < -0.4 is 5.46 Å². The van der Waals surface area contributed by atoms with E-state index in [1.807, 2.05) is 0 Å². The lowest BCUT2D eigenvalue weighted by Gasteiger charge is -2.08. The van der Waals surface area contributed by atoms with Crippen LogP contribution in [0.5, 0.6) is 0 Å². The Morgan fingerprint density at radius 3 is 2.25 bits per heavy atom. The fourth-order valence-corrected chi connectivity index (χ4v) is 0.918. The first-order valence-electron chi connectivity index (χ1n) is 3.55. The van der Waals surface area contributed by atoms with Gasteiger partial charge in [0.2, 0.25) is 0 Å². The Morgan fingerprint density at radius 2 is 1.83 bits per heavy atom. The van der Waals surface area contributed by atoms with Crippen LogP contribution in [0.25, 0.3) is 0 Å². The third-order valence-corrected chi connectivity index (χ3v) is 1.83. The molecule has 0 aromatic heterocycles. The molecule has 1 rings (SSSR count). The molecule has 0 aliphatic carbocycles. The zero-order valence-corrected chi connectivity index (χ0v) is 6.87. The molecule has 0 amide bonds. The van der Waals surface area contributed by atoms with E-state index in [0.29, 0.717) is 5.56 Å². The summed E-state index contributed by atoms with van der Waals surface area (Å²) in [7, 11) is 1.79. The average molecular weight is 172 g/mol. The molecular weight excluding hydrogens is 164 g/mol. The van der Waals surface area contributed by atoms with Gasteiger partial charge in [-0.3, -0.25) is 0 Å². The third-order valence-electron chi connectivity index (χ3n) is 1.83. The Bertz CT molecular complexity index is 291. The van der Waals surface area contributed by atoms with Gasteiger partial charge in [0, 0.05) is 0 Å². The first-order valence-corrected chi connectivity index (χ1v) is 3.55. The molecule has 0 N–H and O–H groups in total. The second-order valence-corrected chi connectivity index (χ2v) is 2.80. The molecule has 0 atom stereocenters. The predicted octanol–water partition coefficient (Wildman–Crippen LogP) is 1.27. The number of hydrogen-bond acceptors (Lipinski definition) is 0. The quantitative estimate of drug-likeness (QED) is 0.517. The molecule has 4 heteroatoms. The maximum Gasteiger partial charge on any atom is 0.416 e. The minimum Gasteiger partial charge on any atom is -0.166 e. The smallest absolute Gasteiger partial charge is 0.166 e. The van der Waals surface area contributed by atoms with E-state index in [1.165, 1.54) is 6.07 Å². The largest absolute Gasteiger partial charge is 0.416 e. The molecule has 0 spiro atoms. The van der Waals surface area contributed by atoms with Gasteiger partial charge in [-0.05, 0) is 13.0 Å². The van der Waals surface area contributed by atoms with Crippen molar-refractivity contribution in [1.29, 1.82) is 0 Å². The Hall–Kier alpha value is -0.925. The Kier molecular flexibility index (Phi) is 2.17. The van der Waals surface area contributed by atoms with Crippen LogP contribution in [0.2, 0.25) is 0 Å². The predicted molar refractivity (Wildman–Crippen MR) is 44.4 cm³/mol. The molecule has 0 saturated heterocycles. The Morgan fingerprint density at radius 1 is 1.25 bits per heavy atom. The number of rotatable bonds is 0. The van der Waals surface area contributed by atoms with E-state index in [1.54, 1.807) is 14.8 Å². The molecule has 0 saturated carbocycles. The number of halogens is 3. The SMILES string of the molecule is Bc1ccc(C(F)(F)F)cc1C. The molecule has 0 radical (unpaired) electrons. The van der Waals surface area contributed by atoms with E-state index in [-0.39, 0.29) is 0 Å². The molecule has 1 aromatic carbocycles. The van der Waals surface area contributed by atoms with Crippen LogP contribution >= 0.6 is 0 Å². The normalized spacial score (nSPS) is 11.7. The standard InChI is InChI=1S/C8H8BF3/c1-5-4-6(8(10,11)12)2-3-7(5)9/h2-4H,9H2,1H3. The van der Waals surface area contributed by atoms with Crippen molar-refractivity contribution >= 4 is 13.3 Å². The summed E-state index contributed by atoms with van der Waals surface area (Å²) in [6.07, 6.45) is -4.22. The van der Waals surface area contributed by atoms with Gasteiger partial charge in [-0.15, -0.1) is 0 Å². The van der Waals surface area contributed by atoms with Gasteiger partial charge >= 0.3 is 6.18 Å². The van der Waals surface area contributed by atoms with Crippen molar-refractivity contribution in [2.75, 3.05) is 0 Å². The summed E-state index contributed by atoms with van der Waals surface area (Å²) in [5.74, 6) is 0. The fraction of sp³-hybridized carbons (Fsp3) is 0.250. The molecule has 1 aromatic rings. The van der Waals surface area contributed by atoms with E-state index in [9.17, 15) is 13.2 Å². The number of hydrogen-bond donors (Lipinski definition) is 0. The molecule has 64 valence electrons. The summed E-state index contributed by atoms with van der Waals surface area (Å²) < 4.78 is 36.3. The van der Waals surface area contributed by atoms with Gasteiger partial charge in [-0.1, -0.05) is 23.2 Å². The van der Waals surface area contributed by atoms with E-state index in [0.717, 1.165) is 17.6 Å². The lowest BCUT2D eigenvalue weighted by Crippen LogP contribution is -2.11. The highest BCUT2D eigenvalue weighted by molar-refractivity contribution is 6.33. The van der Waals surface area contributed by atoms with Crippen LogP contribution in [0.3, 0.4) is 0 Å². The second kappa shape index (κ2) is 2.85. The molecule has 0 nitrogen and oxygen atoms in total. The number of benzene rings is 1. The first kappa shape index (κ1) is 9.17. The van der Waals surface area contributed by atoms with Gasteiger partial charge in [-0.2, -0.15) is 13.2 Å². The summed E-state index contributed by atoms with van der Waals surface area (Å²) in [5.41, 5.74) is 0.971. The highest BCUT2D eigenvalue weighted by atomic mass is 19.4. The zero-order valence-electron chi connectivity index (χ0n) is 6.87. The molecule has 0 bridgehead atoms. The summed E-state index contributed by atoms with van der Waals surface area (Å²) in [6.45, 7) is 1.67. The van der Waals surface area contributed by atoms with Gasteiger partial charge in [0.1, 0.15) is 7.85 Å². The summed E-state index contributed by atoms with van der Waals surface area (Å²) in [6, 6.07) is 3.75. The molecule has 0 fully saturated rings. The Labute approximate surface area is 69.8 Å². The summed E-state index contributed by atoms with van der Waals surface area (Å²) in [4.78, 5) is 0. The van der Waals surface area contributed by atoms with E-state index < -0.39 is 11.7 Å². The molecular formula is C8H8BF3. The van der Waals surface area contributed by atoms with Crippen molar-refractivity contribution in [2.24, 2.45) is 0 Å². The Balaban J connectivity index is 3.14. The molecule has 0 unspecified atom stereocenters. The van der Waals surface area contributed by atoms with Crippen LogP contribution in [-0.4, -0.2) is 7.85 Å². The highest BCUT2D eigenvalue weighted by Gasteiger charge is 2.30. The van der Waals surface area contributed by atoms with Gasteiger partial charge in [0.25, 0.3) is 0 Å². The topological polar surface area (TPSA) is 0 Å². The highest BCUT2D eigenvalue weighted by Crippen LogP contribution is 2.28. The summed E-state index contributed by atoms with van der Waals surface area (Å²) >= 11 is 0. The maximum absolute atomic E-state index is 12.1. The van der Waals surface area contributed by atoms with Gasteiger partial charge in [0.15, 0.2) is 0 Å². The first-order chi connectivity index (χ1) is 5.41. The lowest BCUT2D eigenvalue weighted by atomic mass is 9.90. The second-order valence-electron chi connectivity index (χ2n) is 2.80. The molecule has 12 heavy (non-hydrogen) atoms. The van der Waals surface area contributed by atoms with Crippen LogP contribution in [0.4, 0.5) is 13.2 Å². The van der Waals surface area contributed by atoms with Gasteiger partial charge in [0.05, 0.1) is 5.56 Å². The third kappa shape index (κ3) is 1.81. The van der Waals surface area contributed by atoms with Crippen molar-refractivity contribution in [3.63, 3.8) is 0 Å². The average Bonchev–Trinajstić information content (AvgIpc) is 1.92. The number of alkyl halides is 3. The van der Waals surface area contributed by atoms with Gasteiger partial charge < -0.3 is 0 Å². The maximum atomic E-state index is 12.1. The van der Waals surface area contributed by atoms with E-state index in [2.05, 4.69) is 0 Å². The van der Waals surface area contributed by atoms with Crippen molar-refractivity contribution in [2.45, 2.75) is 13.1 Å². The number of aryl methyl sites for hydroxylation is 1. The summed E-state index contributed by atoms with van der Waals surface area (Å²) in [5, 5.41) is 0. The van der Waals surface area contributed by atoms with Crippen LogP contribution in [0, 0.1) is 6.92 Å². The fourth-order valence-electron chi connectivity index (χ4n) is 0.918. The molecule has 0 heterocycles. The van der Waals surface area contributed by atoms with Crippen molar-refractivity contribution in [3.8, 4) is 0 Å². The van der Waals surface area contributed by atoms with Crippen LogP contribution in [0.15, 0.2) is 18.2 Å². The molecule has 0 aliphatic rings. The van der Waals surface area contributed by atoms with E-state index in [4.69, 9.17) is 0 Å². The van der Waals surface area contributed by atoms with Crippen LogP contribution in [0.1, 0.15) is 11.1 Å². The monoisotopic (exact) mass is 172 g/mol. The van der Waals surface area contributed by atoms with Crippen molar-refractivity contribution in [3.05, 3.63) is 29.3 Å². The van der Waals surface area contributed by atoms with Crippen LogP contribution in [-0.2, 0) is 6.18 Å². The van der Waals surface area contributed by atoms with Gasteiger partial charge in [-0.25, -0.2) is 0 Å². The lowest BCUT2D eigenvalue weighted by molar-refractivity contribution is -0.137. The molecule has 0 aliphatic heterocycles. The van der Waals surface area contributed by atoms with Crippen molar-refractivity contribution < 1.29 is 13.2 Å². The van der Waals surface area contributed by atoms with E-state index >= 15 is 0 Å².